The number of benzene rings is 1. The molecule has 3 N–H and O–H groups in total. The molecule has 3 aromatic heterocycles. The van der Waals surface area contributed by atoms with Crippen LogP contribution in [-0.4, -0.2) is 74.4 Å². The van der Waals surface area contributed by atoms with Crippen LogP contribution in [0.1, 0.15) is 69.0 Å². The van der Waals surface area contributed by atoms with Gasteiger partial charge in [0.05, 0.1) is 29.6 Å². The smallest absolute Gasteiger partial charge is 0.293 e. The minimum Gasteiger partial charge on any atom is -0.379 e. The van der Waals surface area contributed by atoms with Gasteiger partial charge in [-0.05, 0) is 48.9 Å². The number of carbonyl (C=O) groups is 2. The first-order chi connectivity index (χ1) is 20.5. The summed E-state index contributed by atoms with van der Waals surface area (Å²) in [5.74, 6) is 1.02. The van der Waals surface area contributed by atoms with E-state index in [1.54, 1.807) is 6.20 Å². The number of fused-ring (bicyclic) bond motifs is 1. The van der Waals surface area contributed by atoms with Crippen LogP contribution in [0.25, 0.3) is 22.2 Å². The van der Waals surface area contributed by atoms with Crippen molar-refractivity contribution in [2.24, 2.45) is 5.41 Å². The molecule has 12 nitrogen and oxygen atoms in total. The molecule has 1 saturated carbocycles. The summed E-state index contributed by atoms with van der Waals surface area (Å²) in [5, 5.41) is 19.1. The van der Waals surface area contributed by atoms with Crippen LogP contribution in [0.5, 0.6) is 0 Å². The molecule has 5 heterocycles. The van der Waals surface area contributed by atoms with E-state index >= 15 is 0 Å². The maximum Gasteiger partial charge on any atom is 0.293 e. The van der Waals surface area contributed by atoms with Crippen molar-refractivity contribution in [3.05, 3.63) is 53.8 Å². The molecular weight excluding hydrogens is 548 g/mol. The molecule has 7 rings (SSSR count). The van der Waals surface area contributed by atoms with E-state index < -0.39 is 11.0 Å². The van der Waals surface area contributed by atoms with Crippen LogP contribution in [0, 0.1) is 5.41 Å². The van der Waals surface area contributed by atoms with E-state index in [0.29, 0.717) is 37.8 Å². The zero-order valence-electron chi connectivity index (χ0n) is 24.9. The lowest BCUT2D eigenvalue weighted by atomic mass is 9.87. The molecule has 4 aromatic rings. The highest BCUT2D eigenvalue weighted by molar-refractivity contribution is 6.00. The van der Waals surface area contributed by atoms with Crippen molar-refractivity contribution in [3.63, 3.8) is 0 Å². The number of likely N-dealkylation sites (tertiary alicyclic amines) is 1. The highest BCUT2D eigenvalue weighted by Crippen LogP contribution is 2.46. The highest BCUT2D eigenvalue weighted by atomic mass is 16.5. The number of rotatable bonds is 7. The average Bonchev–Trinajstić information content (AvgIpc) is 3.34. The number of ether oxygens (including phenoxy) is 1. The van der Waals surface area contributed by atoms with E-state index in [9.17, 15) is 9.59 Å². The van der Waals surface area contributed by atoms with Crippen molar-refractivity contribution in [3.8, 4) is 11.1 Å². The Bertz CT molecular complexity index is 1690. The van der Waals surface area contributed by atoms with Crippen LogP contribution >= 0.6 is 0 Å². The van der Waals surface area contributed by atoms with E-state index in [4.69, 9.17) is 9.26 Å². The minimum absolute atomic E-state index is 0.0491. The third-order valence-electron chi connectivity index (χ3n) is 8.76. The molecule has 2 aliphatic heterocycles. The first-order valence-corrected chi connectivity index (χ1v) is 14.8. The van der Waals surface area contributed by atoms with Gasteiger partial charge in [0.1, 0.15) is 0 Å². The van der Waals surface area contributed by atoms with Crippen LogP contribution in [0.2, 0.25) is 0 Å². The number of amides is 2. The fraction of sp³-hybridized carbons (Fsp3) is 0.484. The zero-order valence-corrected chi connectivity index (χ0v) is 24.9. The van der Waals surface area contributed by atoms with Crippen LogP contribution < -0.4 is 10.6 Å². The summed E-state index contributed by atoms with van der Waals surface area (Å²) in [5.41, 5.74) is 2.55. The number of hydrogen-bond acceptors (Lipinski definition) is 9. The lowest BCUT2D eigenvalue weighted by Crippen LogP contribution is -2.53. The summed E-state index contributed by atoms with van der Waals surface area (Å²) in [7, 11) is 0. The molecule has 1 atom stereocenters. The number of H-pyrrole nitrogens is 1. The topological polar surface area (TPSA) is 151 Å². The Hall–Kier alpha value is -4.32. The summed E-state index contributed by atoms with van der Waals surface area (Å²) in [6, 6.07) is 10.3. The van der Waals surface area contributed by atoms with E-state index in [2.05, 4.69) is 60.2 Å². The molecular formula is C31H36N8O4. The van der Waals surface area contributed by atoms with Crippen LogP contribution in [-0.2, 0) is 20.5 Å². The molecule has 3 fully saturated rings. The Morgan fingerprint density at radius 3 is 2.53 bits per heavy atom. The fourth-order valence-corrected chi connectivity index (χ4v) is 5.94. The van der Waals surface area contributed by atoms with Gasteiger partial charge in [-0.3, -0.25) is 14.7 Å². The maximum atomic E-state index is 13.0. The largest absolute Gasteiger partial charge is 0.379 e. The van der Waals surface area contributed by atoms with E-state index in [1.807, 2.05) is 38.7 Å². The minimum atomic E-state index is -0.442. The van der Waals surface area contributed by atoms with Crippen molar-refractivity contribution >= 4 is 28.7 Å². The van der Waals surface area contributed by atoms with Gasteiger partial charge in [-0.15, -0.1) is 0 Å². The second-order valence-electron chi connectivity index (χ2n) is 13.4. The van der Waals surface area contributed by atoms with Crippen molar-refractivity contribution in [2.75, 3.05) is 31.6 Å². The summed E-state index contributed by atoms with van der Waals surface area (Å²) in [6.07, 6.45) is 4.29. The zero-order chi connectivity index (χ0) is 30.0. The number of aromatic nitrogens is 5. The van der Waals surface area contributed by atoms with Gasteiger partial charge in [0.2, 0.25) is 11.8 Å². The molecule has 12 heteroatoms. The SMILES string of the molecule is CC1(C(=O)N2CC[C@@H](Nc3n[nH]c4nccc(-c5ccc(C6(NC(=O)c7noc(C(C)(C)C)n7)CC6)cc5)c34)C2)COC1. The summed E-state index contributed by atoms with van der Waals surface area (Å²) >= 11 is 0. The van der Waals surface area contributed by atoms with E-state index in [1.165, 1.54) is 0 Å². The first kappa shape index (κ1) is 27.5. The summed E-state index contributed by atoms with van der Waals surface area (Å²) < 4.78 is 10.6. The number of anilines is 1. The van der Waals surface area contributed by atoms with Gasteiger partial charge in [0.25, 0.3) is 11.7 Å². The van der Waals surface area contributed by atoms with Crippen LogP contribution in [0.15, 0.2) is 41.1 Å². The van der Waals surface area contributed by atoms with E-state index in [-0.39, 0.29) is 29.1 Å². The highest BCUT2D eigenvalue weighted by Gasteiger charge is 2.47. The monoisotopic (exact) mass is 584 g/mol. The van der Waals surface area contributed by atoms with Crippen molar-refractivity contribution < 1.29 is 18.8 Å². The predicted octanol–water partition coefficient (Wildman–Crippen LogP) is 3.77. The van der Waals surface area contributed by atoms with E-state index in [0.717, 1.165) is 47.2 Å². The van der Waals surface area contributed by atoms with Crippen molar-refractivity contribution in [1.29, 1.82) is 0 Å². The second kappa shape index (κ2) is 9.87. The standard InChI is InChI=1S/C31H36N8O4/c1-29(2,3)27-34-25(38-43-27)26(40)35-31(11-12-31)19-7-5-18(6-8-19)21-9-13-32-23-22(21)24(37-36-23)33-20-10-14-39(15-20)28(41)30(4)16-42-17-30/h5-9,13,20H,10-12,14-17H2,1-4H3,(H,35,40)(H2,32,33,36,37)/t20-/m1/s1. The Balaban J connectivity index is 1.07. The van der Waals surface area contributed by atoms with Crippen LogP contribution in [0.4, 0.5) is 5.82 Å². The van der Waals surface area contributed by atoms with Crippen molar-refractivity contribution in [1.82, 2.24) is 35.5 Å². The fourth-order valence-electron chi connectivity index (χ4n) is 5.94. The Labute approximate surface area is 249 Å². The van der Waals surface area contributed by atoms with Crippen molar-refractivity contribution in [2.45, 2.75) is 64.0 Å². The lowest BCUT2D eigenvalue weighted by molar-refractivity contribution is -0.167. The second-order valence-corrected chi connectivity index (χ2v) is 13.4. The van der Waals surface area contributed by atoms with Gasteiger partial charge in [-0.2, -0.15) is 10.1 Å². The number of nitrogens with one attached hydrogen (secondary N) is 3. The number of carbonyl (C=O) groups excluding carboxylic acids is 2. The number of hydrogen-bond donors (Lipinski definition) is 3. The number of pyridine rings is 1. The first-order valence-electron chi connectivity index (χ1n) is 14.8. The lowest BCUT2D eigenvalue weighted by Gasteiger charge is -2.39. The Morgan fingerprint density at radius 2 is 1.88 bits per heavy atom. The van der Waals surface area contributed by atoms with Gasteiger partial charge >= 0.3 is 0 Å². The molecule has 0 bridgehead atoms. The van der Waals surface area contributed by atoms with Gasteiger partial charge in [-0.1, -0.05) is 50.2 Å². The molecule has 224 valence electrons. The Kier molecular flexibility index (Phi) is 6.31. The third-order valence-corrected chi connectivity index (χ3v) is 8.76. The van der Waals surface area contributed by atoms with Gasteiger partial charge in [0.15, 0.2) is 11.5 Å². The van der Waals surface area contributed by atoms with Gasteiger partial charge in [0, 0.05) is 30.7 Å². The van der Waals surface area contributed by atoms with Crippen LogP contribution in [0.3, 0.4) is 0 Å². The molecule has 0 unspecified atom stereocenters. The number of aromatic amines is 1. The molecule has 1 aromatic carbocycles. The number of nitrogens with zero attached hydrogens (tertiary/aromatic N) is 5. The predicted molar refractivity (Wildman–Crippen MR) is 158 cm³/mol. The molecule has 2 saturated heterocycles. The Morgan fingerprint density at radius 1 is 1.12 bits per heavy atom. The average molecular weight is 585 g/mol. The molecule has 43 heavy (non-hydrogen) atoms. The molecule has 1 aliphatic carbocycles. The normalized spacial score (nSPS) is 20.6. The van der Waals surface area contributed by atoms with Gasteiger partial charge in [-0.25, -0.2) is 4.98 Å². The molecule has 0 spiro atoms. The third kappa shape index (κ3) is 4.93. The molecule has 0 radical (unpaired) electrons. The molecule has 2 amide bonds. The maximum absolute atomic E-state index is 13.0. The summed E-state index contributed by atoms with van der Waals surface area (Å²) in [6.45, 7) is 10.2. The summed E-state index contributed by atoms with van der Waals surface area (Å²) in [4.78, 5) is 36.7. The van der Waals surface area contributed by atoms with Gasteiger partial charge < -0.3 is 24.8 Å². The molecule has 3 aliphatic rings. The quantitative estimate of drug-likeness (QED) is 0.295.